The van der Waals surface area contributed by atoms with Crippen molar-refractivity contribution in [1.82, 2.24) is 10.6 Å². The number of hydrogen-bond donors (Lipinski definition) is 7. The Morgan fingerprint density at radius 1 is 1.08 bits per heavy atom. The van der Waals surface area contributed by atoms with Gasteiger partial charge >= 0.3 is 11.9 Å². The number of aromatic hydroxyl groups is 1. The minimum Gasteiger partial charge on any atom is -0.508 e. The number of nitrogens with two attached hydrogens (primary N) is 1. The molecular weight excluding hydrogens is 530 g/mol. The maximum atomic E-state index is 12.7. The average Bonchev–Trinajstić information content (AvgIpc) is 2.91. The third kappa shape index (κ3) is 10.5. The second-order valence-corrected chi connectivity index (χ2v) is 9.82. The summed E-state index contributed by atoms with van der Waals surface area (Å²) in [5.74, 6) is -3.55. The molecule has 212 valence electrons. The second-order valence-electron chi connectivity index (χ2n) is 8.65. The molecule has 8 N–H and O–H groups in total. The molecule has 0 saturated heterocycles. The van der Waals surface area contributed by atoms with Gasteiger partial charge in [-0.3, -0.25) is 19.2 Å². The van der Waals surface area contributed by atoms with Crippen molar-refractivity contribution in [3.63, 3.8) is 0 Å². The maximum Gasteiger partial charge on any atom is 0.322 e. The zero-order valence-corrected chi connectivity index (χ0v) is 22.1. The highest BCUT2D eigenvalue weighted by atomic mass is 32.2. The summed E-state index contributed by atoms with van der Waals surface area (Å²) in [4.78, 5) is 47.1. The zero-order valence-electron chi connectivity index (χ0n) is 21.3. The van der Waals surface area contributed by atoms with Crippen LogP contribution in [0.5, 0.6) is 11.5 Å². The number of aliphatic hydroxyl groups is 1. The van der Waals surface area contributed by atoms with E-state index in [0.29, 0.717) is 11.3 Å². The summed E-state index contributed by atoms with van der Waals surface area (Å²) < 4.78 is 5.31. The van der Waals surface area contributed by atoms with Gasteiger partial charge in [-0.2, -0.15) is 0 Å². The number of carbonyl (C=O) groups is 4. The van der Waals surface area contributed by atoms with Crippen LogP contribution in [0, 0.1) is 0 Å². The Morgan fingerprint density at radius 3 is 2.38 bits per heavy atom. The van der Waals surface area contributed by atoms with Crippen LogP contribution in [0.25, 0.3) is 0 Å². The number of aliphatic hydroxyl groups excluding tert-OH is 1. The summed E-state index contributed by atoms with van der Waals surface area (Å²) in [6, 6.07) is 11.1. The Hall–Kier alpha value is -3.81. The number of amides is 2. The fourth-order valence-electron chi connectivity index (χ4n) is 3.65. The standard InChI is InChI=1S/C26H33N3O9S/c1-38-21-12-17(30)8-7-16(21)11-20(31)24(15-5-3-2-4-6-15)39-14-19(25(35)28-13-23(33)34)29-22(32)10-9-18(27)26(36)37/h2-8,12,18-20,24,30-31H,9-11,13-14,27H2,1H3,(H,28,35)(H,29,32)(H,33,34)(H,36,37). The molecule has 0 spiro atoms. The summed E-state index contributed by atoms with van der Waals surface area (Å²) in [5.41, 5.74) is 6.83. The van der Waals surface area contributed by atoms with E-state index in [9.17, 15) is 29.4 Å². The first-order valence-corrected chi connectivity index (χ1v) is 13.0. The number of methoxy groups -OCH3 is 1. The Balaban J connectivity index is 2.22. The SMILES string of the molecule is COc1cc(O)ccc1CC(O)C(SCC(NC(=O)CCC(N)C(=O)O)C(=O)NCC(=O)O)c1ccccc1. The van der Waals surface area contributed by atoms with Crippen LogP contribution >= 0.6 is 11.8 Å². The predicted molar refractivity (Wildman–Crippen MR) is 143 cm³/mol. The molecule has 4 unspecified atom stereocenters. The van der Waals surface area contributed by atoms with Crippen LogP contribution in [-0.2, 0) is 25.6 Å². The first kappa shape index (κ1) is 31.4. The summed E-state index contributed by atoms with van der Waals surface area (Å²) in [6.45, 7) is -0.662. The van der Waals surface area contributed by atoms with E-state index in [-0.39, 0.29) is 30.8 Å². The van der Waals surface area contributed by atoms with Gasteiger partial charge in [0.1, 0.15) is 30.1 Å². The molecule has 2 aromatic rings. The van der Waals surface area contributed by atoms with Gasteiger partial charge in [-0.1, -0.05) is 36.4 Å². The Kier molecular flexibility index (Phi) is 12.5. The van der Waals surface area contributed by atoms with Crippen LogP contribution in [0.15, 0.2) is 48.5 Å². The smallest absolute Gasteiger partial charge is 0.322 e. The van der Waals surface area contributed by atoms with Gasteiger partial charge < -0.3 is 41.5 Å². The highest BCUT2D eigenvalue weighted by Gasteiger charge is 2.28. The molecule has 0 heterocycles. The second kappa shape index (κ2) is 15.6. The molecule has 39 heavy (non-hydrogen) atoms. The van der Waals surface area contributed by atoms with Crippen molar-refractivity contribution >= 4 is 35.5 Å². The van der Waals surface area contributed by atoms with E-state index < -0.39 is 53.7 Å². The Bertz CT molecular complexity index is 1130. The quantitative estimate of drug-likeness (QED) is 0.151. The number of ether oxygens (including phenoxy) is 1. The number of thioether (sulfide) groups is 1. The normalized spacial score (nSPS) is 13.9. The fraction of sp³-hybridized carbons (Fsp3) is 0.385. The number of phenolic OH excluding ortho intramolecular Hbond substituents is 1. The van der Waals surface area contributed by atoms with E-state index in [2.05, 4.69) is 10.6 Å². The molecular formula is C26H33N3O9S. The molecule has 0 radical (unpaired) electrons. The predicted octanol–water partition coefficient (Wildman–Crippen LogP) is 0.656. The number of nitrogens with one attached hydrogen (secondary N) is 2. The number of carboxylic acids is 2. The lowest BCUT2D eigenvalue weighted by molar-refractivity contribution is -0.139. The molecule has 0 fully saturated rings. The first-order valence-electron chi connectivity index (χ1n) is 12.0. The molecule has 0 aliphatic rings. The van der Waals surface area contributed by atoms with E-state index in [1.807, 2.05) is 6.07 Å². The zero-order chi connectivity index (χ0) is 28.9. The summed E-state index contributed by atoms with van der Waals surface area (Å²) >= 11 is 1.18. The van der Waals surface area contributed by atoms with Gasteiger partial charge in [0.25, 0.3) is 0 Å². The van der Waals surface area contributed by atoms with Crippen LogP contribution in [0.2, 0.25) is 0 Å². The molecule has 2 amide bonds. The van der Waals surface area contributed by atoms with Crippen molar-refractivity contribution in [3.8, 4) is 11.5 Å². The van der Waals surface area contributed by atoms with Crippen molar-refractivity contribution in [2.24, 2.45) is 5.73 Å². The van der Waals surface area contributed by atoms with Gasteiger partial charge in [0.2, 0.25) is 11.8 Å². The molecule has 0 aromatic heterocycles. The van der Waals surface area contributed by atoms with E-state index in [1.165, 1.54) is 31.0 Å². The Labute approximate surface area is 229 Å². The topological polar surface area (TPSA) is 209 Å². The molecule has 0 saturated carbocycles. The Morgan fingerprint density at radius 2 is 1.77 bits per heavy atom. The van der Waals surface area contributed by atoms with E-state index in [1.54, 1.807) is 30.3 Å². The number of carbonyl (C=O) groups excluding carboxylic acids is 2. The number of hydrogen-bond acceptors (Lipinski definition) is 9. The van der Waals surface area contributed by atoms with Crippen molar-refractivity contribution in [2.45, 2.75) is 42.7 Å². The molecule has 0 bridgehead atoms. The van der Waals surface area contributed by atoms with Crippen LogP contribution in [0.3, 0.4) is 0 Å². The van der Waals surface area contributed by atoms with Crippen molar-refractivity contribution < 1.29 is 44.3 Å². The average molecular weight is 564 g/mol. The van der Waals surface area contributed by atoms with Gasteiger partial charge in [-0.15, -0.1) is 11.8 Å². The number of phenols is 1. The van der Waals surface area contributed by atoms with Gasteiger partial charge in [-0.05, 0) is 23.6 Å². The molecule has 12 nitrogen and oxygen atoms in total. The largest absolute Gasteiger partial charge is 0.508 e. The fourth-order valence-corrected chi connectivity index (χ4v) is 4.95. The van der Waals surface area contributed by atoms with Crippen LogP contribution in [0.4, 0.5) is 0 Å². The van der Waals surface area contributed by atoms with E-state index in [4.69, 9.17) is 20.7 Å². The first-order chi connectivity index (χ1) is 18.5. The maximum absolute atomic E-state index is 12.7. The van der Waals surface area contributed by atoms with Crippen molar-refractivity contribution in [1.29, 1.82) is 0 Å². The minimum atomic E-state index is -1.27. The number of benzene rings is 2. The summed E-state index contributed by atoms with van der Waals surface area (Å²) in [7, 11) is 1.44. The van der Waals surface area contributed by atoms with E-state index in [0.717, 1.165) is 5.56 Å². The van der Waals surface area contributed by atoms with Gasteiger partial charge in [0.15, 0.2) is 0 Å². The molecule has 13 heteroatoms. The number of aliphatic carboxylic acids is 2. The lowest BCUT2D eigenvalue weighted by Crippen LogP contribution is -2.49. The lowest BCUT2D eigenvalue weighted by atomic mass is 10.00. The highest BCUT2D eigenvalue weighted by Crippen LogP contribution is 2.36. The monoisotopic (exact) mass is 563 g/mol. The van der Waals surface area contributed by atoms with Gasteiger partial charge in [-0.25, -0.2) is 0 Å². The van der Waals surface area contributed by atoms with Crippen LogP contribution in [-0.4, -0.2) is 81.8 Å². The third-order valence-corrected chi connectivity index (χ3v) is 7.16. The van der Waals surface area contributed by atoms with Crippen LogP contribution in [0.1, 0.15) is 29.2 Å². The lowest BCUT2D eigenvalue weighted by Gasteiger charge is -2.26. The van der Waals surface area contributed by atoms with Crippen molar-refractivity contribution in [3.05, 3.63) is 59.7 Å². The molecule has 4 atom stereocenters. The molecule has 2 aromatic carbocycles. The molecule has 2 rings (SSSR count). The summed E-state index contributed by atoms with van der Waals surface area (Å²) in [6.07, 6.45) is -1.25. The minimum absolute atomic E-state index is 0.00865. The molecule has 0 aliphatic heterocycles. The highest BCUT2D eigenvalue weighted by molar-refractivity contribution is 7.99. The molecule has 0 aliphatic carbocycles. The van der Waals surface area contributed by atoms with Crippen LogP contribution < -0.4 is 21.1 Å². The van der Waals surface area contributed by atoms with E-state index >= 15 is 0 Å². The van der Waals surface area contributed by atoms with Gasteiger partial charge in [0.05, 0.1) is 18.5 Å². The van der Waals surface area contributed by atoms with Gasteiger partial charge in [0, 0.05) is 24.7 Å². The van der Waals surface area contributed by atoms with Crippen molar-refractivity contribution in [2.75, 3.05) is 19.4 Å². The summed E-state index contributed by atoms with van der Waals surface area (Å²) in [5, 5.41) is 43.0. The third-order valence-electron chi connectivity index (χ3n) is 5.68. The number of carboxylic acid groups (broad SMARTS) is 2. The number of rotatable bonds is 16.